The minimum Gasteiger partial charge on any atom is -0.480 e. The molecule has 1 saturated carbocycles. The number of aliphatic carboxylic acids is 1. The Morgan fingerprint density at radius 1 is 0.927 bits per heavy atom. The lowest BCUT2D eigenvalue weighted by Crippen LogP contribution is -2.57. The van der Waals surface area contributed by atoms with Gasteiger partial charge in [-0.3, -0.25) is 4.79 Å². The number of hydrogen-bond donors (Lipinski definition) is 4. The average Bonchev–Trinajstić information content (AvgIpc) is 2.89. The maximum Gasteiger partial charge on any atom is 0.573 e. The zero-order chi connectivity index (χ0) is 29.9. The summed E-state index contributed by atoms with van der Waals surface area (Å²) in [6, 6.07) is 10.9. The van der Waals surface area contributed by atoms with Gasteiger partial charge in [-0.25, -0.2) is 9.59 Å². The minimum atomic E-state index is -4.97. The van der Waals surface area contributed by atoms with Gasteiger partial charge in [-0.2, -0.15) is 0 Å². The lowest BCUT2D eigenvalue weighted by molar-refractivity contribution is -0.274. The Labute approximate surface area is 243 Å². The zero-order valence-electron chi connectivity index (χ0n) is 21.7. The van der Waals surface area contributed by atoms with E-state index in [0.29, 0.717) is 23.6 Å². The van der Waals surface area contributed by atoms with E-state index in [1.54, 1.807) is 30.3 Å². The summed E-state index contributed by atoms with van der Waals surface area (Å²) in [6.45, 7) is 1.49. The Morgan fingerprint density at radius 2 is 1.51 bits per heavy atom. The molecule has 1 atom stereocenters. The van der Waals surface area contributed by atoms with Gasteiger partial charge >= 0.3 is 18.4 Å². The number of ether oxygens (including phenoxy) is 1. The Kier molecular flexibility index (Phi) is 8.89. The number of halogens is 5. The van der Waals surface area contributed by atoms with Crippen molar-refractivity contribution in [2.24, 2.45) is 5.92 Å². The SMILES string of the molecule is C[C@@](NC(=O)c1cc2ccccc2cc1NC(=O)Nc1c(Cl)cc(OC(F)(F)F)cc1Cl)(C(=O)O)C1CCCCC1. The second kappa shape index (κ2) is 12.0. The van der Waals surface area contributed by atoms with E-state index in [1.807, 2.05) is 0 Å². The second-order valence-corrected chi connectivity index (χ2v) is 10.7. The highest BCUT2D eigenvalue weighted by Gasteiger charge is 2.43. The Hall–Kier alpha value is -3.70. The summed E-state index contributed by atoms with van der Waals surface area (Å²) in [5.41, 5.74) is -1.67. The summed E-state index contributed by atoms with van der Waals surface area (Å²) in [4.78, 5) is 38.9. The van der Waals surface area contributed by atoms with E-state index >= 15 is 0 Å². The normalized spacial score (nSPS) is 15.6. The van der Waals surface area contributed by atoms with Gasteiger partial charge in [-0.15, -0.1) is 13.2 Å². The highest BCUT2D eigenvalue weighted by atomic mass is 35.5. The number of carboxylic acid groups (broad SMARTS) is 1. The molecule has 218 valence electrons. The van der Waals surface area contributed by atoms with Gasteiger partial charge in [0.2, 0.25) is 0 Å². The molecule has 0 saturated heterocycles. The summed E-state index contributed by atoms with van der Waals surface area (Å²) in [7, 11) is 0. The van der Waals surface area contributed by atoms with Gasteiger partial charge < -0.3 is 25.8 Å². The number of hydrogen-bond acceptors (Lipinski definition) is 4. The maximum atomic E-state index is 13.6. The summed E-state index contributed by atoms with van der Waals surface area (Å²) in [5.74, 6) is -2.81. The van der Waals surface area contributed by atoms with Crippen LogP contribution in [-0.4, -0.2) is 34.9 Å². The van der Waals surface area contributed by atoms with Crippen LogP contribution in [0, 0.1) is 5.92 Å². The van der Waals surface area contributed by atoms with Gasteiger partial charge in [0.15, 0.2) is 0 Å². The summed E-state index contributed by atoms with van der Waals surface area (Å²) in [6.07, 6.45) is -0.938. The Morgan fingerprint density at radius 3 is 2.07 bits per heavy atom. The predicted molar refractivity (Wildman–Crippen MR) is 150 cm³/mol. The first-order valence-corrected chi connectivity index (χ1v) is 13.4. The van der Waals surface area contributed by atoms with Crippen LogP contribution in [0.3, 0.4) is 0 Å². The van der Waals surface area contributed by atoms with E-state index in [1.165, 1.54) is 13.0 Å². The van der Waals surface area contributed by atoms with Crippen LogP contribution in [0.1, 0.15) is 49.4 Å². The summed E-state index contributed by atoms with van der Waals surface area (Å²) in [5, 5.41) is 18.4. The predicted octanol–water partition coefficient (Wildman–Crippen LogP) is 7.84. The molecule has 4 N–H and O–H groups in total. The molecule has 1 fully saturated rings. The fraction of sp³-hybridized carbons (Fsp3) is 0.321. The number of rotatable bonds is 7. The van der Waals surface area contributed by atoms with Crippen LogP contribution < -0.4 is 20.7 Å². The number of fused-ring (bicyclic) bond motifs is 1. The Bertz CT molecular complexity index is 1470. The van der Waals surface area contributed by atoms with Gasteiger partial charge in [0.1, 0.15) is 11.3 Å². The van der Waals surface area contributed by atoms with Crippen LogP contribution in [0.25, 0.3) is 10.8 Å². The number of carboxylic acids is 1. The third-order valence-corrected chi connectivity index (χ3v) is 7.70. The van der Waals surface area contributed by atoms with Crippen molar-refractivity contribution in [3.05, 3.63) is 64.1 Å². The van der Waals surface area contributed by atoms with E-state index in [9.17, 15) is 32.7 Å². The quantitative estimate of drug-likeness (QED) is 0.217. The van der Waals surface area contributed by atoms with Crippen molar-refractivity contribution in [2.75, 3.05) is 10.6 Å². The van der Waals surface area contributed by atoms with E-state index < -0.39 is 35.6 Å². The number of benzene rings is 3. The number of anilines is 2. The summed E-state index contributed by atoms with van der Waals surface area (Å²) >= 11 is 12.1. The maximum absolute atomic E-state index is 13.6. The first kappa shape index (κ1) is 30.3. The van der Waals surface area contributed by atoms with Crippen molar-refractivity contribution >= 4 is 63.3 Å². The van der Waals surface area contributed by atoms with Crippen LogP contribution >= 0.6 is 23.2 Å². The molecule has 0 unspecified atom stereocenters. The Balaban J connectivity index is 1.62. The third-order valence-electron chi connectivity index (χ3n) is 7.11. The van der Waals surface area contributed by atoms with Crippen LogP contribution in [0.2, 0.25) is 10.0 Å². The second-order valence-electron chi connectivity index (χ2n) is 9.93. The number of alkyl halides is 3. The number of urea groups is 1. The first-order chi connectivity index (χ1) is 19.3. The lowest BCUT2D eigenvalue weighted by atomic mass is 9.75. The molecule has 3 aromatic rings. The molecular weight excluding hydrogens is 586 g/mol. The van der Waals surface area contributed by atoms with Gasteiger partial charge in [-0.05, 0) is 48.6 Å². The molecule has 13 heteroatoms. The molecule has 1 aliphatic carbocycles. The van der Waals surface area contributed by atoms with Crippen molar-refractivity contribution in [3.63, 3.8) is 0 Å². The van der Waals surface area contributed by atoms with Crippen molar-refractivity contribution in [1.82, 2.24) is 5.32 Å². The molecule has 3 aromatic carbocycles. The smallest absolute Gasteiger partial charge is 0.480 e. The lowest BCUT2D eigenvalue weighted by Gasteiger charge is -2.37. The molecule has 0 bridgehead atoms. The third kappa shape index (κ3) is 7.15. The van der Waals surface area contributed by atoms with Crippen molar-refractivity contribution < 1.29 is 37.4 Å². The van der Waals surface area contributed by atoms with Gasteiger partial charge in [0.05, 0.1) is 27.0 Å². The van der Waals surface area contributed by atoms with E-state index in [-0.39, 0.29) is 32.9 Å². The first-order valence-electron chi connectivity index (χ1n) is 12.7. The topological polar surface area (TPSA) is 117 Å². The molecule has 0 spiro atoms. The molecule has 0 aliphatic heterocycles. The number of nitrogens with one attached hydrogen (secondary N) is 3. The fourth-order valence-electron chi connectivity index (χ4n) is 4.97. The highest BCUT2D eigenvalue weighted by Crippen LogP contribution is 2.37. The molecule has 8 nitrogen and oxygen atoms in total. The molecule has 3 amide bonds. The van der Waals surface area contributed by atoms with Gasteiger partial charge in [0, 0.05) is 12.1 Å². The average molecular weight is 612 g/mol. The van der Waals surface area contributed by atoms with Crippen LogP contribution in [0.5, 0.6) is 5.75 Å². The van der Waals surface area contributed by atoms with E-state index in [4.69, 9.17) is 23.2 Å². The van der Waals surface area contributed by atoms with Crippen LogP contribution in [0.15, 0.2) is 48.5 Å². The monoisotopic (exact) mass is 611 g/mol. The van der Waals surface area contributed by atoms with Crippen molar-refractivity contribution in [3.8, 4) is 5.75 Å². The molecular formula is C28H26Cl2F3N3O5. The molecule has 0 aromatic heterocycles. The van der Waals surface area contributed by atoms with Crippen LogP contribution in [0.4, 0.5) is 29.3 Å². The zero-order valence-corrected chi connectivity index (χ0v) is 23.2. The highest BCUT2D eigenvalue weighted by molar-refractivity contribution is 6.40. The fourth-order valence-corrected chi connectivity index (χ4v) is 5.54. The number of amides is 3. The molecule has 41 heavy (non-hydrogen) atoms. The largest absolute Gasteiger partial charge is 0.573 e. The van der Waals surface area contributed by atoms with Crippen molar-refractivity contribution in [1.29, 1.82) is 0 Å². The van der Waals surface area contributed by atoms with Gasteiger partial charge in [-0.1, -0.05) is 66.7 Å². The van der Waals surface area contributed by atoms with E-state index in [0.717, 1.165) is 31.4 Å². The molecule has 0 radical (unpaired) electrons. The van der Waals surface area contributed by atoms with E-state index in [2.05, 4.69) is 20.7 Å². The molecule has 4 rings (SSSR count). The standard InChI is InChI=1S/C28H26Cl2F3N3O5/c1-27(25(38)39,17-9-3-2-4-10-17)36-24(37)19-11-15-7-5-6-8-16(15)12-22(19)34-26(40)35-23-20(29)13-18(14-21(23)30)41-28(31,32)33/h5-8,11-14,17H,2-4,9-10H2,1H3,(H,36,37)(H,38,39)(H2,34,35,40)/t27-/m0/s1. The number of carbonyl (C=O) groups is 3. The number of carbonyl (C=O) groups excluding carboxylic acids is 2. The minimum absolute atomic E-state index is 0.00764. The van der Waals surface area contributed by atoms with Crippen LogP contribution in [-0.2, 0) is 4.79 Å². The summed E-state index contributed by atoms with van der Waals surface area (Å²) < 4.78 is 41.5. The van der Waals surface area contributed by atoms with Gasteiger partial charge in [0.25, 0.3) is 5.91 Å². The van der Waals surface area contributed by atoms with Crippen molar-refractivity contribution in [2.45, 2.75) is 50.9 Å². The molecule has 0 heterocycles. The molecule has 1 aliphatic rings.